The van der Waals surface area contributed by atoms with Crippen molar-refractivity contribution in [2.24, 2.45) is 5.73 Å². The zero-order valence-corrected chi connectivity index (χ0v) is 11.1. The molecule has 1 aromatic carbocycles. The Labute approximate surface area is 110 Å². The SMILES string of the molecule is NC1CCC(N2CCC(c3ccccc3)C2)CC1. The lowest BCUT2D eigenvalue weighted by atomic mass is 9.91. The number of nitrogens with zero attached hydrogens (tertiary/aromatic N) is 1. The second-order valence-electron chi connectivity index (χ2n) is 5.96. The van der Waals surface area contributed by atoms with Gasteiger partial charge in [-0.05, 0) is 50.1 Å². The van der Waals surface area contributed by atoms with Crippen LogP contribution in [0.1, 0.15) is 43.6 Å². The van der Waals surface area contributed by atoms with Crippen LogP contribution in [0.2, 0.25) is 0 Å². The van der Waals surface area contributed by atoms with Crippen molar-refractivity contribution in [2.75, 3.05) is 13.1 Å². The molecule has 0 amide bonds. The van der Waals surface area contributed by atoms with E-state index in [4.69, 9.17) is 5.73 Å². The fourth-order valence-electron chi connectivity index (χ4n) is 3.58. The number of nitrogens with two attached hydrogens (primary N) is 1. The Morgan fingerprint density at radius 3 is 2.39 bits per heavy atom. The van der Waals surface area contributed by atoms with Gasteiger partial charge in [-0.1, -0.05) is 30.3 Å². The van der Waals surface area contributed by atoms with E-state index in [1.54, 1.807) is 0 Å². The molecule has 1 aliphatic carbocycles. The highest BCUT2D eigenvalue weighted by atomic mass is 15.2. The third-order valence-electron chi connectivity index (χ3n) is 4.75. The smallest absolute Gasteiger partial charge is 0.00966 e. The minimum absolute atomic E-state index is 0.466. The van der Waals surface area contributed by atoms with E-state index in [1.165, 1.54) is 50.8 Å². The van der Waals surface area contributed by atoms with Crippen molar-refractivity contribution in [2.45, 2.75) is 50.1 Å². The van der Waals surface area contributed by atoms with Gasteiger partial charge in [-0.3, -0.25) is 4.90 Å². The lowest BCUT2D eigenvalue weighted by Gasteiger charge is -2.33. The fourth-order valence-corrected chi connectivity index (χ4v) is 3.58. The van der Waals surface area contributed by atoms with Crippen molar-refractivity contribution in [3.05, 3.63) is 35.9 Å². The van der Waals surface area contributed by atoms with Gasteiger partial charge < -0.3 is 5.73 Å². The first kappa shape index (κ1) is 12.2. The van der Waals surface area contributed by atoms with Crippen LogP contribution in [0.25, 0.3) is 0 Å². The summed E-state index contributed by atoms with van der Waals surface area (Å²) in [7, 11) is 0. The van der Waals surface area contributed by atoms with E-state index in [-0.39, 0.29) is 0 Å². The predicted octanol–water partition coefficient (Wildman–Crippen LogP) is 2.75. The van der Waals surface area contributed by atoms with E-state index >= 15 is 0 Å². The Kier molecular flexibility index (Phi) is 3.67. The average molecular weight is 244 g/mol. The van der Waals surface area contributed by atoms with Crippen LogP contribution in [0.4, 0.5) is 0 Å². The van der Waals surface area contributed by atoms with Crippen LogP contribution < -0.4 is 5.73 Å². The van der Waals surface area contributed by atoms with Crippen LogP contribution in [-0.2, 0) is 0 Å². The predicted molar refractivity (Wildman–Crippen MR) is 75.6 cm³/mol. The molecule has 1 aromatic rings. The molecule has 18 heavy (non-hydrogen) atoms. The number of hydrogen-bond acceptors (Lipinski definition) is 2. The standard InChI is InChI=1S/C16H24N2/c17-15-6-8-16(9-7-15)18-11-10-14(12-18)13-4-2-1-3-5-13/h1-5,14-16H,6-12,17H2. The lowest BCUT2D eigenvalue weighted by Crippen LogP contribution is -2.39. The minimum Gasteiger partial charge on any atom is -0.328 e. The Morgan fingerprint density at radius 2 is 1.67 bits per heavy atom. The van der Waals surface area contributed by atoms with Crippen LogP contribution in [0.5, 0.6) is 0 Å². The summed E-state index contributed by atoms with van der Waals surface area (Å²) in [6.07, 6.45) is 6.38. The maximum Gasteiger partial charge on any atom is 0.00966 e. The van der Waals surface area contributed by atoms with E-state index in [0.29, 0.717) is 6.04 Å². The monoisotopic (exact) mass is 244 g/mol. The Bertz CT molecular complexity index is 368. The molecule has 2 heteroatoms. The average Bonchev–Trinajstić information content (AvgIpc) is 2.90. The maximum atomic E-state index is 6.00. The molecule has 1 atom stereocenters. The molecule has 98 valence electrons. The Hall–Kier alpha value is -0.860. The zero-order valence-electron chi connectivity index (χ0n) is 11.1. The Balaban J connectivity index is 1.58. The molecule has 1 unspecified atom stereocenters. The highest BCUT2D eigenvalue weighted by Gasteiger charge is 2.30. The summed E-state index contributed by atoms with van der Waals surface area (Å²) >= 11 is 0. The molecule has 2 N–H and O–H groups in total. The molecule has 1 saturated carbocycles. The van der Waals surface area contributed by atoms with Crippen LogP contribution in [0.15, 0.2) is 30.3 Å². The van der Waals surface area contributed by atoms with E-state index < -0.39 is 0 Å². The van der Waals surface area contributed by atoms with E-state index in [1.807, 2.05) is 0 Å². The number of rotatable bonds is 2. The van der Waals surface area contributed by atoms with Crippen LogP contribution >= 0.6 is 0 Å². The minimum atomic E-state index is 0.466. The first-order valence-electron chi connectivity index (χ1n) is 7.37. The second kappa shape index (κ2) is 5.41. The molecule has 0 radical (unpaired) electrons. The van der Waals surface area contributed by atoms with Crippen molar-refractivity contribution in [1.29, 1.82) is 0 Å². The van der Waals surface area contributed by atoms with Gasteiger partial charge in [0, 0.05) is 18.6 Å². The summed E-state index contributed by atoms with van der Waals surface area (Å²) in [6, 6.07) is 12.3. The van der Waals surface area contributed by atoms with Gasteiger partial charge in [0.05, 0.1) is 0 Å². The van der Waals surface area contributed by atoms with Gasteiger partial charge in [-0.25, -0.2) is 0 Å². The molecule has 3 rings (SSSR count). The van der Waals surface area contributed by atoms with Crippen molar-refractivity contribution in [1.82, 2.24) is 4.90 Å². The third-order valence-corrected chi connectivity index (χ3v) is 4.75. The molecule has 1 aliphatic heterocycles. The first-order chi connectivity index (χ1) is 8.83. The molecule has 0 aromatic heterocycles. The summed E-state index contributed by atoms with van der Waals surface area (Å²) in [5.74, 6) is 0.752. The summed E-state index contributed by atoms with van der Waals surface area (Å²) in [5.41, 5.74) is 7.52. The van der Waals surface area contributed by atoms with E-state index in [9.17, 15) is 0 Å². The molecule has 2 nitrogen and oxygen atoms in total. The maximum absolute atomic E-state index is 6.00. The summed E-state index contributed by atoms with van der Waals surface area (Å²) in [6.45, 7) is 2.53. The van der Waals surface area contributed by atoms with Crippen LogP contribution in [-0.4, -0.2) is 30.1 Å². The molecule has 0 spiro atoms. The van der Waals surface area contributed by atoms with Crippen molar-refractivity contribution < 1.29 is 0 Å². The topological polar surface area (TPSA) is 29.3 Å². The van der Waals surface area contributed by atoms with Gasteiger partial charge in [-0.2, -0.15) is 0 Å². The van der Waals surface area contributed by atoms with Crippen LogP contribution in [0.3, 0.4) is 0 Å². The number of hydrogen-bond donors (Lipinski definition) is 1. The summed E-state index contributed by atoms with van der Waals surface area (Å²) in [4.78, 5) is 2.71. The molecule has 1 saturated heterocycles. The first-order valence-corrected chi connectivity index (χ1v) is 7.37. The highest BCUT2D eigenvalue weighted by molar-refractivity contribution is 5.21. The quantitative estimate of drug-likeness (QED) is 0.866. The van der Waals surface area contributed by atoms with Gasteiger partial charge >= 0.3 is 0 Å². The number of likely N-dealkylation sites (tertiary alicyclic amines) is 1. The second-order valence-corrected chi connectivity index (χ2v) is 5.96. The fraction of sp³-hybridized carbons (Fsp3) is 0.625. The van der Waals surface area contributed by atoms with E-state index in [2.05, 4.69) is 35.2 Å². The van der Waals surface area contributed by atoms with Crippen molar-refractivity contribution in [3.8, 4) is 0 Å². The van der Waals surface area contributed by atoms with Gasteiger partial charge in [0.15, 0.2) is 0 Å². The largest absolute Gasteiger partial charge is 0.328 e. The summed E-state index contributed by atoms with van der Waals surface area (Å²) < 4.78 is 0. The van der Waals surface area contributed by atoms with Crippen LogP contribution in [0, 0.1) is 0 Å². The zero-order chi connectivity index (χ0) is 12.4. The van der Waals surface area contributed by atoms with Gasteiger partial charge in [0.25, 0.3) is 0 Å². The van der Waals surface area contributed by atoms with Crippen molar-refractivity contribution in [3.63, 3.8) is 0 Å². The van der Waals surface area contributed by atoms with E-state index in [0.717, 1.165) is 12.0 Å². The van der Waals surface area contributed by atoms with Gasteiger partial charge in [-0.15, -0.1) is 0 Å². The molecule has 2 aliphatic rings. The number of benzene rings is 1. The molecular weight excluding hydrogens is 220 g/mol. The van der Waals surface area contributed by atoms with Gasteiger partial charge in [0.1, 0.15) is 0 Å². The highest BCUT2D eigenvalue weighted by Crippen LogP contribution is 2.32. The molecule has 0 bridgehead atoms. The molecule has 1 heterocycles. The summed E-state index contributed by atoms with van der Waals surface area (Å²) in [5, 5.41) is 0. The Morgan fingerprint density at radius 1 is 0.944 bits per heavy atom. The normalized spacial score (nSPS) is 33.7. The van der Waals surface area contributed by atoms with Gasteiger partial charge in [0.2, 0.25) is 0 Å². The molecular formula is C16H24N2. The van der Waals surface area contributed by atoms with Crippen molar-refractivity contribution >= 4 is 0 Å². The molecule has 2 fully saturated rings. The lowest BCUT2D eigenvalue weighted by molar-refractivity contribution is 0.180. The third kappa shape index (κ3) is 2.60.